The highest BCUT2D eigenvalue weighted by molar-refractivity contribution is 8.15. The first-order valence-electron chi connectivity index (χ1n) is 3.27. The zero-order valence-electron chi connectivity index (χ0n) is 5.73. The van der Waals surface area contributed by atoms with Crippen molar-refractivity contribution in [1.82, 2.24) is 0 Å². The summed E-state index contributed by atoms with van der Waals surface area (Å²) in [5, 5.41) is 10.8. The first-order chi connectivity index (χ1) is 5.29. The molecule has 0 saturated carbocycles. The fourth-order valence-corrected chi connectivity index (χ4v) is 2.33. The van der Waals surface area contributed by atoms with Gasteiger partial charge >= 0.3 is 0 Å². The summed E-state index contributed by atoms with van der Waals surface area (Å²) in [5.41, 5.74) is 0.765. The van der Waals surface area contributed by atoms with Crippen LogP contribution in [0.1, 0.15) is 5.56 Å². The van der Waals surface area contributed by atoms with E-state index < -0.39 is 11.2 Å². The van der Waals surface area contributed by atoms with E-state index in [9.17, 15) is 9.66 Å². The third-order valence-electron chi connectivity index (χ3n) is 1.67. The van der Waals surface area contributed by atoms with Gasteiger partial charge in [-0.05, 0) is 6.07 Å². The molecular weight excluding hydrogens is 160 g/mol. The Bertz CT molecular complexity index is 320. The molecule has 0 fully saturated rings. The molecule has 1 atom stereocenters. The van der Waals surface area contributed by atoms with Gasteiger partial charge in [0.05, 0.1) is 0 Å². The average molecular weight is 168 g/mol. The van der Waals surface area contributed by atoms with Gasteiger partial charge in [-0.1, -0.05) is 29.4 Å². The molecule has 1 aromatic carbocycles. The number of aliphatic hydroxyl groups excluding tert-OH is 1. The summed E-state index contributed by atoms with van der Waals surface area (Å²) in [6.07, 6.45) is 0. The van der Waals surface area contributed by atoms with E-state index in [0.29, 0.717) is 0 Å². The van der Waals surface area contributed by atoms with Crippen molar-refractivity contribution in [2.45, 2.75) is 4.90 Å². The molecule has 2 nitrogen and oxygen atoms in total. The van der Waals surface area contributed by atoms with E-state index in [4.69, 9.17) is 0 Å². The Morgan fingerprint density at radius 3 is 2.64 bits per heavy atom. The van der Waals surface area contributed by atoms with Gasteiger partial charge in [0.25, 0.3) is 0 Å². The van der Waals surface area contributed by atoms with Crippen molar-refractivity contribution in [2.75, 3.05) is 0 Å². The number of hydrogen-bond donors (Lipinski definition) is 3. The maximum atomic E-state index is 9.38. The quantitative estimate of drug-likeness (QED) is 0.520. The summed E-state index contributed by atoms with van der Waals surface area (Å²) >= 11 is -1.23. The normalized spacial score (nSPS) is 24.5. The van der Waals surface area contributed by atoms with Crippen molar-refractivity contribution in [2.24, 2.45) is 0 Å². The van der Waals surface area contributed by atoms with Crippen LogP contribution in [0.5, 0.6) is 0 Å². The minimum absolute atomic E-state index is 0.203. The Labute approximate surface area is 67.4 Å². The molecule has 1 aromatic rings. The van der Waals surface area contributed by atoms with Crippen LogP contribution in [0.2, 0.25) is 0 Å². The molecule has 0 saturated heterocycles. The van der Waals surface area contributed by atoms with Gasteiger partial charge in [-0.25, -0.2) is 0 Å². The minimum Gasteiger partial charge on any atom is -0.507 e. The first kappa shape index (κ1) is 6.76. The smallest absolute Gasteiger partial charge is 0.130 e. The van der Waals surface area contributed by atoms with Crippen LogP contribution in [-0.4, -0.2) is 9.66 Å². The second-order valence-corrected chi connectivity index (χ2v) is 3.81. The molecule has 0 spiro atoms. The first-order valence-corrected chi connectivity index (χ1v) is 4.64. The second-order valence-electron chi connectivity index (χ2n) is 2.38. The highest BCUT2D eigenvalue weighted by Gasteiger charge is 2.16. The minimum atomic E-state index is -1.23. The van der Waals surface area contributed by atoms with Crippen LogP contribution in [0.4, 0.5) is 0 Å². The number of aliphatic hydroxyl groups is 1. The summed E-state index contributed by atoms with van der Waals surface area (Å²) in [7, 11) is 0. The van der Waals surface area contributed by atoms with E-state index in [1.807, 2.05) is 18.2 Å². The number of fused-ring (bicyclic) bond motifs is 1. The molecule has 1 aliphatic rings. The average Bonchev–Trinajstić information content (AvgIpc) is 2.30. The number of thiol groups is 1. The summed E-state index contributed by atoms with van der Waals surface area (Å²) in [5.74, 6) is 0.203. The van der Waals surface area contributed by atoms with E-state index in [2.05, 4.69) is 0 Å². The van der Waals surface area contributed by atoms with Gasteiger partial charge in [-0.3, -0.25) is 0 Å². The highest BCUT2D eigenvalue weighted by Crippen LogP contribution is 2.45. The molecule has 2 rings (SSSR count). The molecule has 0 radical (unpaired) electrons. The van der Waals surface area contributed by atoms with E-state index in [1.54, 1.807) is 6.07 Å². The zero-order chi connectivity index (χ0) is 7.84. The van der Waals surface area contributed by atoms with E-state index in [0.717, 1.165) is 10.5 Å². The van der Waals surface area contributed by atoms with Crippen LogP contribution < -0.4 is 0 Å². The lowest BCUT2D eigenvalue weighted by atomic mass is 10.2. The predicted molar refractivity (Wildman–Crippen MR) is 46.9 cm³/mol. The van der Waals surface area contributed by atoms with Crippen molar-refractivity contribution in [3.8, 4) is 0 Å². The molecule has 0 amide bonds. The van der Waals surface area contributed by atoms with Gasteiger partial charge in [-0.2, -0.15) is 0 Å². The van der Waals surface area contributed by atoms with Crippen molar-refractivity contribution < 1.29 is 9.66 Å². The molecule has 11 heavy (non-hydrogen) atoms. The van der Waals surface area contributed by atoms with E-state index >= 15 is 0 Å². The molecule has 2 N–H and O–H groups in total. The SMILES string of the molecule is OC1=C[SH](O)c2ccccc21. The Balaban J connectivity index is 2.62. The van der Waals surface area contributed by atoms with Gasteiger partial charge in [-0.15, -0.1) is 0 Å². The molecule has 0 aromatic heterocycles. The third kappa shape index (κ3) is 0.931. The van der Waals surface area contributed by atoms with Crippen molar-refractivity contribution in [1.29, 1.82) is 0 Å². The number of rotatable bonds is 0. The lowest BCUT2D eigenvalue weighted by Crippen LogP contribution is -1.79. The van der Waals surface area contributed by atoms with Crippen LogP contribution in [0.3, 0.4) is 0 Å². The highest BCUT2D eigenvalue weighted by atomic mass is 32.2. The number of hydrogen-bond acceptors (Lipinski definition) is 2. The zero-order valence-corrected chi connectivity index (χ0v) is 6.62. The number of benzene rings is 1. The van der Waals surface area contributed by atoms with Gasteiger partial charge in [0.1, 0.15) is 5.76 Å². The Morgan fingerprint density at radius 2 is 1.91 bits per heavy atom. The summed E-state index contributed by atoms with van der Waals surface area (Å²) in [4.78, 5) is 0.847. The summed E-state index contributed by atoms with van der Waals surface area (Å²) in [6.45, 7) is 0. The fourth-order valence-electron chi connectivity index (χ4n) is 1.14. The predicted octanol–water partition coefficient (Wildman–Crippen LogP) is 2.39. The third-order valence-corrected chi connectivity index (χ3v) is 3.04. The molecule has 0 aliphatic carbocycles. The second kappa shape index (κ2) is 2.29. The van der Waals surface area contributed by atoms with Gasteiger partial charge in [0.15, 0.2) is 0 Å². The largest absolute Gasteiger partial charge is 0.507 e. The molecular formula is C8H8O2S. The topological polar surface area (TPSA) is 40.5 Å². The Hall–Kier alpha value is -0.930. The van der Waals surface area contributed by atoms with Crippen LogP contribution in [0.25, 0.3) is 5.76 Å². The van der Waals surface area contributed by atoms with Gasteiger partial charge in [0.2, 0.25) is 0 Å². The standard InChI is InChI=1S/C8H8O2S/c9-7-5-11(10)8-4-2-1-3-6(7)8/h1-5,9-11H. The van der Waals surface area contributed by atoms with Gasteiger partial charge < -0.3 is 9.66 Å². The molecule has 1 unspecified atom stereocenters. The molecule has 0 bridgehead atoms. The van der Waals surface area contributed by atoms with Crippen molar-refractivity contribution in [3.05, 3.63) is 35.2 Å². The van der Waals surface area contributed by atoms with E-state index in [-0.39, 0.29) is 5.76 Å². The van der Waals surface area contributed by atoms with Crippen LogP contribution in [0, 0.1) is 0 Å². The van der Waals surface area contributed by atoms with Crippen LogP contribution in [0.15, 0.2) is 34.6 Å². The molecule has 3 heteroatoms. The maximum absolute atomic E-state index is 9.38. The van der Waals surface area contributed by atoms with Crippen molar-refractivity contribution >= 4 is 16.9 Å². The van der Waals surface area contributed by atoms with Crippen molar-refractivity contribution in [3.63, 3.8) is 0 Å². The van der Waals surface area contributed by atoms with Gasteiger partial charge in [0, 0.05) is 15.9 Å². The Kier molecular flexibility index (Phi) is 1.41. The molecule has 1 heterocycles. The summed E-state index contributed by atoms with van der Waals surface area (Å²) < 4.78 is 9.38. The fraction of sp³-hybridized carbons (Fsp3) is 0. The lowest BCUT2D eigenvalue weighted by Gasteiger charge is -2.04. The Morgan fingerprint density at radius 1 is 1.18 bits per heavy atom. The lowest BCUT2D eigenvalue weighted by molar-refractivity contribution is 0.512. The van der Waals surface area contributed by atoms with E-state index in [1.165, 1.54) is 5.41 Å². The van der Waals surface area contributed by atoms with Crippen LogP contribution in [-0.2, 0) is 0 Å². The summed E-state index contributed by atoms with van der Waals surface area (Å²) in [6, 6.07) is 7.34. The molecule has 58 valence electrons. The van der Waals surface area contributed by atoms with Crippen LogP contribution >= 0.6 is 11.2 Å². The molecule has 1 aliphatic heterocycles. The maximum Gasteiger partial charge on any atom is 0.130 e. The monoisotopic (exact) mass is 168 g/mol.